The van der Waals surface area contributed by atoms with Crippen molar-refractivity contribution in [2.75, 3.05) is 13.7 Å². The number of aliphatic carboxylic acids is 1. The lowest BCUT2D eigenvalue weighted by Crippen LogP contribution is -2.39. The lowest BCUT2D eigenvalue weighted by atomic mass is 10.1. The molecule has 0 heterocycles. The summed E-state index contributed by atoms with van der Waals surface area (Å²) >= 11 is 12.4. The number of ether oxygens (including phenoxy) is 1. The number of benzene rings is 1. The van der Waals surface area contributed by atoms with Crippen LogP contribution >= 0.6 is 39.1 Å². The van der Waals surface area contributed by atoms with Crippen LogP contribution in [0.2, 0.25) is 0 Å². The van der Waals surface area contributed by atoms with Crippen molar-refractivity contribution in [2.45, 2.75) is 39.2 Å². The molecule has 0 saturated heterocycles. The standard InChI is InChI=1S/C18H24BrNO5.C2Cl2O2/c1-18(2,3)25-20(10-6-5-7-17(22)23)16(21)12-13-11-14(24-4)8-9-15(13)19;3-1(5)2(4)6/h5,7-9,11H,6,10,12H2,1-4H3,(H,22,23);. The second-order valence-corrected chi connectivity index (χ2v) is 8.45. The Labute approximate surface area is 199 Å². The van der Waals surface area contributed by atoms with E-state index in [1.165, 1.54) is 11.1 Å². The van der Waals surface area contributed by atoms with Crippen LogP contribution in [0.4, 0.5) is 0 Å². The van der Waals surface area contributed by atoms with Gasteiger partial charge in [0, 0.05) is 10.5 Å². The number of rotatable bonds is 9. The number of hydrogen-bond acceptors (Lipinski definition) is 6. The first-order valence-corrected chi connectivity index (χ1v) is 10.4. The molecule has 172 valence electrons. The third kappa shape index (κ3) is 13.9. The van der Waals surface area contributed by atoms with Crippen molar-refractivity contribution < 1.29 is 33.9 Å². The van der Waals surface area contributed by atoms with E-state index in [2.05, 4.69) is 39.1 Å². The number of amides is 1. The van der Waals surface area contributed by atoms with Gasteiger partial charge in [0.2, 0.25) is 0 Å². The fourth-order valence-corrected chi connectivity index (χ4v) is 2.38. The Morgan fingerprint density at radius 3 is 2.19 bits per heavy atom. The molecule has 1 aromatic rings. The van der Waals surface area contributed by atoms with Gasteiger partial charge in [-0.2, -0.15) is 0 Å². The molecule has 0 aliphatic rings. The van der Waals surface area contributed by atoms with Crippen molar-refractivity contribution in [3.8, 4) is 5.75 Å². The summed E-state index contributed by atoms with van der Waals surface area (Å²) in [5.41, 5.74) is 0.241. The first kappa shape index (κ1) is 29.1. The van der Waals surface area contributed by atoms with Crippen molar-refractivity contribution in [1.82, 2.24) is 5.06 Å². The quantitative estimate of drug-likeness (QED) is 0.217. The van der Waals surface area contributed by atoms with E-state index >= 15 is 0 Å². The van der Waals surface area contributed by atoms with E-state index in [-0.39, 0.29) is 18.9 Å². The van der Waals surface area contributed by atoms with Crippen LogP contribution in [0.3, 0.4) is 0 Å². The molecule has 0 spiro atoms. The zero-order chi connectivity index (χ0) is 24.2. The molecule has 0 saturated carbocycles. The summed E-state index contributed by atoms with van der Waals surface area (Å²) in [6.45, 7) is 5.81. The Balaban J connectivity index is 0.00000131. The lowest BCUT2D eigenvalue weighted by Gasteiger charge is -2.29. The molecular weight excluding hydrogens is 517 g/mol. The average molecular weight is 541 g/mol. The lowest BCUT2D eigenvalue weighted by molar-refractivity contribution is -0.226. The molecule has 0 aromatic heterocycles. The van der Waals surface area contributed by atoms with Gasteiger partial charge in [-0.15, -0.1) is 0 Å². The smallest absolute Gasteiger partial charge is 0.327 e. The van der Waals surface area contributed by atoms with Crippen LogP contribution in [-0.2, 0) is 30.4 Å². The third-order valence-electron chi connectivity index (χ3n) is 3.17. The number of halogens is 3. The Morgan fingerprint density at radius 2 is 1.74 bits per heavy atom. The predicted octanol–water partition coefficient (Wildman–Crippen LogP) is 4.11. The molecule has 1 aromatic carbocycles. The van der Waals surface area contributed by atoms with Gasteiger partial charge in [0.1, 0.15) is 5.75 Å². The summed E-state index contributed by atoms with van der Waals surface area (Å²) < 4.78 is 6.00. The van der Waals surface area contributed by atoms with Gasteiger partial charge in [0.15, 0.2) is 0 Å². The fourth-order valence-electron chi connectivity index (χ4n) is 1.99. The molecule has 11 heteroatoms. The van der Waals surface area contributed by atoms with E-state index in [9.17, 15) is 19.2 Å². The molecule has 1 amide bonds. The van der Waals surface area contributed by atoms with Gasteiger partial charge in [-0.25, -0.2) is 9.86 Å². The minimum absolute atomic E-state index is 0.135. The van der Waals surface area contributed by atoms with Gasteiger partial charge >= 0.3 is 16.5 Å². The van der Waals surface area contributed by atoms with Crippen molar-refractivity contribution in [3.05, 3.63) is 40.4 Å². The topological polar surface area (TPSA) is 110 Å². The first-order chi connectivity index (χ1) is 14.3. The molecule has 8 nitrogen and oxygen atoms in total. The number of methoxy groups -OCH3 is 1. The van der Waals surface area contributed by atoms with Crippen LogP contribution in [0.5, 0.6) is 5.75 Å². The molecule has 1 N–H and O–H groups in total. The monoisotopic (exact) mass is 539 g/mol. The molecule has 31 heavy (non-hydrogen) atoms. The molecule has 0 fully saturated rings. The number of carbonyl (C=O) groups is 4. The van der Waals surface area contributed by atoms with E-state index < -0.39 is 22.1 Å². The Morgan fingerprint density at radius 1 is 1.16 bits per heavy atom. The number of hydroxylamine groups is 2. The summed E-state index contributed by atoms with van der Waals surface area (Å²) in [7, 11) is 1.57. The Bertz CT molecular complexity index is 810. The predicted molar refractivity (Wildman–Crippen MR) is 120 cm³/mol. The molecule has 0 atom stereocenters. The van der Waals surface area contributed by atoms with Gasteiger partial charge in [0.25, 0.3) is 5.91 Å². The highest BCUT2D eigenvalue weighted by Gasteiger charge is 2.22. The zero-order valence-electron chi connectivity index (χ0n) is 17.5. The number of nitrogens with zero attached hydrogens (tertiary/aromatic N) is 1. The van der Waals surface area contributed by atoms with E-state index in [1.54, 1.807) is 19.2 Å². The van der Waals surface area contributed by atoms with Gasteiger partial charge in [-0.05, 0) is 74.2 Å². The highest BCUT2D eigenvalue weighted by molar-refractivity contribution is 9.10. The van der Waals surface area contributed by atoms with Gasteiger partial charge in [-0.1, -0.05) is 22.0 Å². The Kier molecular flexibility index (Phi) is 13.3. The SMILES string of the molecule is COc1ccc(Br)c(CC(=O)N(CCC=CC(=O)O)OC(C)(C)C)c1.O=C(Cl)C(=O)Cl. The number of carboxylic acid groups (broad SMARTS) is 1. The maximum atomic E-state index is 12.7. The van der Waals surface area contributed by atoms with Gasteiger partial charge < -0.3 is 9.84 Å². The summed E-state index contributed by atoms with van der Waals surface area (Å²) in [4.78, 5) is 47.8. The molecule has 0 unspecified atom stereocenters. The van der Waals surface area contributed by atoms with Crippen LogP contribution in [-0.4, -0.2) is 51.8 Å². The summed E-state index contributed by atoms with van der Waals surface area (Å²) in [6.07, 6.45) is 3.07. The molecule has 0 aliphatic heterocycles. The third-order valence-corrected chi connectivity index (χ3v) is 4.38. The van der Waals surface area contributed by atoms with Crippen molar-refractivity contribution in [1.29, 1.82) is 0 Å². The maximum Gasteiger partial charge on any atom is 0.327 e. The number of carboxylic acids is 1. The molecule has 1 rings (SSSR count). The van der Waals surface area contributed by atoms with Crippen LogP contribution < -0.4 is 4.74 Å². The minimum Gasteiger partial charge on any atom is -0.497 e. The highest BCUT2D eigenvalue weighted by Crippen LogP contribution is 2.24. The second-order valence-electron chi connectivity index (χ2n) is 6.91. The van der Waals surface area contributed by atoms with E-state index in [0.29, 0.717) is 12.2 Å². The molecule has 0 bridgehead atoms. The van der Waals surface area contributed by atoms with E-state index in [4.69, 9.17) is 14.7 Å². The van der Waals surface area contributed by atoms with E-state index in [0.717, 1.165) is 16.1 Å². The normalized spacial score (nSPS) is 10.8. The van der Waals surface area contributed by atoms with Crippen LogP contribution in [0.1, 0.15) is 32.8 Å². The van der Waals surface area contributed by atoms with Crippen LogP contribution in [0, 0.1) is 0 Å². The molecule has 0 aliphatic carbocycles. The molecule has 0 radical (unpaired) electrons. The average Bonchev–Trinajstić information content (AvgIpc) is 2.65. The summed E-state index contributed by atoms with van der Waals surface area (Å²) in [5, 5.41) is 7.64. The fraction of sp³-hybridized carbons (Fsp3) is 0.400. The van der Waals surface area contributed by atoms with Gasteiger partial charge in [-0.3, -0.25) is 19.2 Å². The highest BCUT2D eigenvalue weighted by atomic mass is 79.9. The number of carbonyl (C=O) groups excluding carboxylic acids is 3. The maximum absolute atomic E-state index is 12.7. The Hall–Kier alpha value is -1.94. The van der Waals surface area contributed by atoms with E-state index in [1.807, 2.05) is 26.8 Å². The van der Waals surface area contributed by atoms with Gasteiger partial charge in [0.05, 0.1) is 25.7 Å². The van der Waals surface area contributed by atoms with Crippen molar-refractivity contribution >= 4 is 61.5 Å². The van der Waals surface area contributed by atoms with Crippen LogP contribution in [0.25, 0.3) is 0 Å². The summed E-state index contributed by atoms with van der Waals surface area (Å²) in [6, 6.07) is 5.42. The minimum atomic E-state index is -1.14. The zero-order valence-corrected chi connectivity index (χ0v) is 20.6. The first-order valence-electron chi connectivity index (χ1n) is 8.87. The molecular formula is C20H24BrCl2NO7. The largest absolute Gasteiger partial charge is 0.497 e. The summed E-state index contributed by atoms with van der Waals surface area (Å²) in [5.74, 6) is -0.568. The van der Waals surface area contributed by atoms with Crippen molar-refractivity contribution in [2.24, 2.45) is 0 Å². The number of hydrogen-bond donors (Lipinski definition) is 1. The van der Waals surface area contributed by atoms with Crippen LogP contribution in [0.15, 0.2) is 34.8 Å². The second kappa shape index (κ2) is 14.2. The van der Waals surface area contributed by atoms with Crippen molar-refractivity contribution in [3.63, 3.8) is 0 Å².